The minimum atomic E-state index is 0.495. The SMILES string of the molecule is S=c1nc(Nc2cccc(I)c2)[nH]c2nc[nH]c12. The van der Waals surface area contributed by atoms with Crippen molar-refractivity contribution in [3.8, 4) is 0 Å². The first-order chi connectivity index (χ1) is 8.72. The van der Waals surface area contributed by atoms with Gasteiger partial charge in [-0.2, -0.15) is 0 Å². The summed E-state index contributed by atoms with van der Waals surface area (Å²) in [6, 6.07) is 7.99. The van der Waals surface area contributed by atoms with E-state index in [1.54, 1.807) is 6.33 Å². The van der Waals surface area contributed by atoms with Gasteiger partial charge in [-0.05, 0) is 40.8 Å². The largest absolute Gasteiger partial charge is 0.341 e. The molecule has 0 amide bonds. The molecule has 18 heavy (non-hydrogen) atoms. The van der Waals surface area contributed by atoms with Crippen LogP contribution in [-0.2, 0) is 0 Å². The molecule has 2 heterocycles. The Labute approximate surface area is 121 Å². The van der Waals surface area contributed by atoms with Crippen molar-refractivity contribution in [1.82, 2.24) is 19.9 Å². The summed E-state index contributed by atoms with van der Waals surface area (Å²) in [4.78, 5) is 14.4. The number of rotatable bonds is 2. The van der Waals surface area contributed by atoms with Gasteiger partial charge in [0.2, 0.25) is 5.95 Å². The van der Waals surface area contributed by atoms with E-state index in [0.29, 0.717) is 16.2 Å². The minimum absolute atomic E-state index is 0.495. The topological polar surface area (TPSA) is 69.4 Å². The summed E-state index contributed by atoms with van der Waals surface area (Å²) in [7, 11) is 0. The molecule has 0 aliphatic rings. The number of halogens is 1. The van der Waals surface area contributed by atoms with Crippen molar-refractivity contribution in [1.29, 1.82) is 0 Å². The molecule has 5 nitrogen and oxygen atoms in total. The lowest BCUT2D eigenvalue weighted by molar-refractivity contribution is 1.18. The van der Waals surface area contributed by atoms with Crippen molar-refractivity contribution >= 4 is 57.6 Å². The Morgan fingerprint density at radius 2 is 2.22 bits per heavy atom. The van der Waals surface area contributed by atoms with Crippen LogP contribution >= 0.6 is 34.8 Å². The first kappa shape index (κ1) is 11.6. The standard InChI is InChI=1S/C11H8IN5S/c12-6-2-1-3-7(4-6)15-11-16-9-8(10(18)17-11)13-5-14-9/h1-5H,(H3,13,14,15,16,17,18). The molecule has 0 aliphatic heterocycles. The zero-order valence-electron chi connectivity index (χ0n) is 9.07. The molecule has 0 aliphatic carbocycles. The monoisotopic (exact) mass is 369 g/mol. The summed E-state index contributed by atoms with van der Waals surface area (Å²) >= 11 is 7.45. The lowest BCUT2D eigenvalue weighted by Gasteiger charge is -2.05. The summed E-state index contributed by atoms with van der Waals surface area (Å²) in [5, 5.41) is 3.18. The molecule has 0 spiro atoms. The molecule has 0 saturated carbocycles. The maximum absolute atomic E-state index is 5.19. The van der Waals surface area contributed by atoms with Gasteiger partial charge in [0, 0.05) is 9.26 Å². The normalized spacial score (nSPS) is 10.7. The second-order valence-electron chi connectivity index (χ2n) is 3.65. The number of hydrogen-bond donors (Lipinski definition) is 3. The number of nitrogens with zero attached hydrogens (tertiary/aromatic N) is 2. The Kier molecular flexibility index (Phi) is 3.00. The van der Waals surface area contributed by atoms with Crippen LogP contribution in [0.2, 0.25) is 0 Å². The number of aromatic nitrogens is 4. The molecular weight excluding hydrogens is 361 g/mol. The fourth-order valence-corrected chi connectivity index (χ4v) is 2.40. The molecule has 3 aromatic rings. The number of fused-ring (bicyclic) bond motifs is 1. The molecule has 0 bridgehead atoms. The van der Waals surface area contributed by atoms with Crippen molar-refractivity contribution in [3.63, 3.8) is 0 Å². The third-order valence-corrected chi connectivity index (χ3v) is 3.36. The summed E-state index contributed by atoms with van der Waals surface area (Å²) < 4.78 is 1.64. The highest BCUT2D eigenvalue weighted by atomic mass is 127. The fourth-order valence-electron chi connectivity index (χ4n) is 1.61. The van der Waals surface area contributed by atoms with Crippen molar-refractivity contribution in [2.24, 2.45) is 0 Å². The predicted molar refractivity (Wildman–Crippen MR) is 81.5 cm³/mol. The van der Waals surface area contributed by atoms with Gasteiger partial charge in [-0.3, -0.25) is 0 Å². The Bertz CT molecular complexity index is 763. The van der Waals surface area contributed by atoms with Crippen LogP contribution < -0.4 is 5.32 Å². The van der Waals surface area contributed by atoms with Gasteiger partial charge in [0.1, 0.15) is 5.52 Å². The van der Waals surface area contributed by atoms with Gasteiger partial charge in [0.25, 0.3) is 0 Å². The third-order valence-electron chi connectivity index (χ3n) is 2.39. The quantitative estimate of drug-likeness (QED) is 0.479. The Balaban J connectivity index is 2.02. The molecule has 0 atom stereocenters. The van der Waals surface area contributed by atoms with E-state index in [1.807, 2.05) is 24.3 Å². The fraction of sp³-hybridized carbons (Fsp3) is 0. The second kappa shape index (κ2) is 4.65. The molecular formula is C11H8IN5S. The maximum atomic E-state index is 5.19. The third kappa shape index (κ3) is 2.23. The van der Waals surface area contributed by atoms with Crippen LogP contribution in [0.3, 0.4) is 0 Å². The van der Waals surface area contributed by atoms with E-state index in [1.165, 1.54) is 0 Å². The van der Waals surface area contributed by atoms with Gasteiger partial charge in [-0.25, -0.2) is 9.97 Å². The Morgan fingerprint density at radius 1 is 1.33 bits per heavy atom. The molecule has 3 rings (SSSR count). The smallest absolute Gasteiger partial charge is 0.207 e. The van der Waals surface area contributed by atoms with Crippen molar-refractivity contribution < 1.29 is 0 Å². The lowest BCUT2D eigenvalue weighted by Crippen LogP contribution is -1.98. The van der Waals surface area contributed by atoms with Gasteiger partial charge in [-0.15, -0.1) is 0 Å². The van der Waals surface area contributed by atoms with Crippen LogP contribution in [0.25, 0.3) is 11.2 Å². The van der Waals surface area contributed by atoms with Crippen LogP contribution in [0.4, 0.5) is 11.6 Å². The average molecular weight is 369 g/mol. The van der Waals surface area contributed by atoms with Crippen LogP contribution in [-0.4, -0.2) is 19.9 Å². The van der Waals surface area contributed by atoms with E-state index in [0.717, 1.165) is 14.8 Å². The van der Waals surface area contributed by atoms with Gasteiger partial charge in [0.05, 0.1) is 6.33 Å². The Morgan fingerprint density at radius 3 is 3.06 bits per heavy atom. The average Bonchev–Trinajstić information content (AvgIpc) is 2.77. The van der Waals surface area contributed by atoms with Gasteiger partial charge >= 0.3 is 0 Å². The molecule has 0 saturated heterocycles. The van der Waals surface area contributed by atoms with Crippen molar-refractivity contribution in [3.05, 3.63) is 38.8 Å². The highest BCUT2D eigenvalue weighted by molar-refractivity contribution is 14.1. The second-order valence-corrected chi connectivity index (χ2v) is 5.28. The Hall–Kier alpha value is -1.48. The number of imidazole rings is 1. The first-order valence-electron chi connectivity index (χ1n) is 5.18. The minimum Gasteiger partial charge on any atom is -0.341 e. The molecule has 90 valence electrons. The molecule has 2 aromatic heterocycles. The molecule has 0 fully saturated rings. The van der Waals surface area contributed by atoms with Gasteiger partial charge in [-0.1, -0.05) is 18.3 Å². The molecule has 7 heteroatoms. The van der Waals surface area contributed by atoms with Crippen LogP contribution in [0, 0.1) is 8.21 Å². The summed E-state index contributed by atoms with van der Waals surface area (Å²) in [5.74, 6) is 0.585. The highest BCUT2D eigenvalue weighted by Crippen LogP contribution is 2.17. The highest BCUT2D eigenvalue weighted by Gasteiger charge is 2.03. The van der Waals surface area contributed by atoms with Gasteiger partial charge < -0.3 is 15.3 Å². The van der Waals surface area contributed by atoms with Crippen LogP contribution in [0.15, 0.2) is 30.6 Å². The van der Waals surface area contributed by atoms with Gasteiger partial charge in [0.15, 0.2) is 10.3 Å². The van der Waals surface area contributed by atoms with E-state index < -0.39 is 0 Å². The summed E-state index contributed by atoms with van der Waals surface area (Å²) in [6.07, 6.45) is 1.59. The number of anilines is 2. The number of hydrogen-bond acceptors (Lipinski definition) is 4. The lowest BCUT2D eigenvalue weighted by atomic mass is 10.3. The zero-order chi connectivity index (χ0) is 12.5. The number of nitrogens with one attached hydrogen (secondary N) is 3. The predicted octanol–water partition coefficient (Wildman–Crippen LogP) is 3.36. The molecule has 0 unspecified atom stereocenters. The van der Waals surface area contributed by atoms with E-state index in [4.69, 9.17) is 12.2 Å². The molecule has 1 aromatic carbocycles. The van der Waals surface area contributed by atoms with Crippen LogP contribution in [0.1, 0.15) is 0 Å². The number of benzene rings is 1. The van der Waals surface area contributed by atoms with E-state index in [9.17, 15) is 0 Å². The molecule has 0 radical (unpaired) electrons. The van der Waals surface area contributed by atoms with E-state index in [2.05, 4.69) is 47.8 Å². The zero-order valence-corrected chi connectivity index (χ0v) is 12.0. The summed E-state index contributed by atoms with van der Waals surface area (Å²) in [6.45, 7) is 0. The van der Waals surface area contributed by atoms with Crippen LogP contribution in [0.5, 0.6) is 0 Å². The molecule has 3 N–H and O–H groups in total. The van der Waals surface area contributed by atoms with E-state index >= 15 is 0 Å². The number of aromatic amines is 2. The van der Waals surface area contributed by atoms with E-state index in [-0.39, 0.29) is 0 Å². The van der Waals surface area contributed by atoms with Crippen molar-refractivity contribution in [2.45, 2.75) is 0 Å². The maximum Gasteiger partial charge on any atom is 0.207 e. The van der Waals surface area contributed by atoms with Crippen molar-refractivity contribution in [2.75, 3.05) is 5.32 Å². The summed E-state index contributed by atoms with van der Waals surface area (Å²) in [5.41, 5.74) is 2.40. The first-order valence-corrected chi connectivity index (χ1v) is 6.67. The number of H-pyrrole nitrogens is 2.